The molecule has 2 amide bonds. The zero-order valence-corrected chi connectivity index (χ0v) is 17.0. The molecule has 0 aliphatic carbocycles. The minimum atomic E-state index is -4.64. The van der Waals surface area contributed by atoms with Gasteiger partial charge in [-0.15, -0.1) is 0 Å². The van der Waals surface area contributed by atoms with Gasteiger partial charge in [0.1, 0.15) is 17.2 Å². The summed E-state index contributed by atoms with van der Waals surface area (Å²) in [5.74, 6) is -0.372. The van der Waals surface area contributed by atoms with Crippen LogP contribution >= 0.6 is 0 Å². The number of benzene rings is 2. The first kappa shape index (κ1) is 21.8. The van der Waals surface area contributed by atoms with Crippen molar-refractivity contribution in [2.75, 3.05) is 12.4 Å². The summed E-state index contributed by atoms with van der Waals surface area (Å²) in [6.07, 6.45) is -3.21. The standard InChI is InChI=1S/C22H16F3N5O3/c1-26-20(31)17-11-14(9-10-27-17)33-13-7-5-12(6-8-13)28-21(32)19-18-15(22(23,24)25)3-2-4-16(18)29-30-19/h2-11H,1H3,(H,26,31)(H,28,32)(H,29,30). The summed E-state index contributed by atoms with van der Waals surface area (Å²) >= 11 is 0. The zero-order chi connectivity index (χ0) is 23.6. The van der Waals surface area contributed by atoms with Crippen LogP contribution in [0.5, 0.6) is 11.5 Å². The summed E-state index contributed by atoms with van der Waals surface area (Å²) in [6, 6.07) is 12.7. The van der Waals surface area contributed by atoms with Crippen LogP contribution in [0.3, 0.4) is 0 Å². The summed E-state index contributed by atoms with van der Waals surface area (Å²) in [6.45, 7) is 0. The molecule has 0 radical (unpaired) electrons. The Morgan fingerprint density at radius 3 is 2.45 bits per heavy atom. The first-order valence-electron chi connectivity index (χ1n) is 9.58. The van der Waals surface area contributed by atoms with Crippen molar-refractivity contribution in [2.24, 2.45) is 0 Å². The van der Waals surface area contributed by atoms with Crippen LogP contribution in [-0.2, 0) is 6.18 Å². The van der Waals surface area contributed by atoms with Crippen LogP contribution in [0.4, 0.5) is 18.9 Å². The molecule has 2 aromatic carbocycles. The number of anilines is 1. The lowest BCUT2D eigenvalue weighted by molar-refractivity contribution is -0.136. The van der Waals surface area contributed by atoms with E-state index in [1.165, 1.54) is 43.6 Å². The second-order valence-electron chi connectivity index (χ2n) is 6.83. The van der Waals surface area contributed by atoms with E-state index < -0.39 is 17.6 Å². The summed E-state index contributed by atoms with van der Waals surface area (Å²) in [5, 5.41) is 10.9. The highest BCUT2D eigenvalue weighted by Crippen LogP contribution is 2.35. The quantitative estimate of drug-likeness (QED) is 0.414. The van der Waals surface area contributed by atoms with Gasteiger partial charge in [0.05, 0.1) is 11.1 Å². The summed E-state index contributed by atoms with van der Waals surface area (Å²) in [5.41, 5.74) is -0.697. The third-order valence-corrected chi connectivity index (χ3v) is 4.65. The van der Waals surface area contributed by atoms with Gasteiger partial charge in [0, 0.05) is 30.4 Å². The highest BCUT2D eigenvalue weighted by molar-refractivity contribution is 6.12. The number of hydrogen-bond donors (Lipinski definition) is 3. The van der Waals surface area contributed by atoms with Crippen LogP contribution in [-0.4, -0.2) is 34.0 Å². The summed E-state index contributed by atoms with van der Waals surface area (Å²) < 4.78 is 45.8. The lowest BCUT2D eigenvalue weighted by Crippen LogP contribution is -2.18. The Morgan fingerprint density at radius 2 is 1.76 bits per heavy atom. The van der Waals surface area contributed by atoms with Gasteiger partial charge >= 0.3 is 6.18 Å². The Balaban J connectivity index is 1.51. The van der Waals surface area contributed by atoms with Crippen molar-refractivity contribution in [2.45, 2.75) is 6.18 Å². The number of H-pyrrole nitrogens is 1. The molecule has 2 heterocycles. The fourth-order valence-electron chi connectivity index (χ4n) is 3.13. The van der Waals surface area contributed by atoms with E-state index in [-0.39, 0.29) is 28.2 Å². The zero-order valence-electron chi connectivity index (χ0n) is 17.0. The van der Waals surface area contributed by atoms with Crippen LogP contribution in [0.1, 0.15) is 26.5 Å². The number of aromatic nitrogens is 3. The summed E-state index contributed by atoms with van der Waals surface area (Å²) in [4.78, 5) is 28.3. The number of carbonyl (C=O) groups excluding carboxylic acids is 2. The molecule has 0 spiro atoms. The number of carbonyl (C=O) groups is 2. The monoisotopic (exact) mass is 455 g/mol. The molecule has 0 fully saturated rings. The number of halogens is 3. The maximum absolute atomic E-state index is 13.4. The molecular formula is C22H16F3N5O3. The van der Waals surface area contributed by atoms with Crippen molar-refractivity contribution in [1.29, 1.82) is 0 Å². The van der Waals surface area contributed by atoms with Crippen LogP contribution < -0.4 is 15.4 Å². The Bertz CT molecular complexity index is 1330. The van der Waals surface area contributed by atoms with E-state index in [1.807, 2.05) is 0 Å². The molecule has 4 aromatic rings. The molecule has 0 bridgehead atoms. The van der Waals surface area contributed by atoms with Gasteiger partial charge in [-0.3, -0.25) is 19.7 Å². The van der Waals surface area contributed by atoms with Crippen LogP contribution in [0.2, 0.25) is 0 Å². The van der Waals surface area contributed by atoms with E-state index in [2.05, 4.69) is 25.8 Å². The minimum Gasteiger partial charge on any atom is -0.457 e. The first-order chi connectivity index (χ1) is 15.8. The van der Waals surface area contributed by atoms with Gasteiger partial charge in [-0.25, -0.2) is 0 Å². The second kappa shape index (κ2) is 8.61. The lowest BCUT2D eigenvalue weighted by Gasteiger charge is -2.10. The molecular weight excluding hydrogens is 439 g/mol. The van der Waals surface area contributed by atoms with Crippen molar-refractivity contribution >= 4 is 28.4 Å². The number of rotatable bonds is 5. The first-order valence-corrected chi connectivity index (χ1v) is 9.58. The number of nitrogens with zero attached hydrogens (tertiary/aromatic N) is 2. The van der Waals surface area contributed by atoms with Gasteiger partial charge in [0.25, 0.3) is 11.8 Å². The van der Waals surface area contributed by atoms with E-state index in [4.69, 9.17) is 4.74 Å². The number of hydrogen-bond acceptors (Lipinski definition) is 5. The molecule has 168 valence electrons. The SMILES string of the molecule is CNC(=O)c1cc(Oc2ccc(NC(=O)c3n[nH]c4cccc(C(F)(F)F)c34)cc2)ccn1. The predicted molar refractivity (Wildman–Crippen MR) is 113 cm³/mol. The topological polar surface area (TPSA) is 109 Å². The normalized spacial score (nSPS) is 11.3. The molecule has 8 nitrogen and oxygen atoms in total. The molecule has 0 aliphatic rings. The molecule has 0 aliphatic heterocycles. The molecule has 11 heteroatoms. The highest BCUT2D eigenvalue weighted by atomic mass is 19.4. The largest absolute Gasteiger partial charge is 0.457 e. The molecule has 2 aromatic heterocycles. The van der Waals surface area contributed by atoms with E-state index in [1.54, 1.807) is 18.2 Å². The lowest BCUT2D eigenvalue weighted by atomic mass is 10.1. The fraction of sp³-hybridized carbons (Fsp3) is 0.0909. The molecule has 0 saturated heterocycles. The van der Waals surface area contributed by atoms with Gasteiger partial charge in [0.2, 0.25) is 0 Å². The number of aromatic amines is 1. The van der Waals surface area contributed by atoms with Crippen LogP contribution in [0.25, 0.3) is 10.9 Å². The van der Waals surface area contributed by atoms with Gasteiger partial charge in [0.15, 0.2) is 5.69 Å². The molecule has 0 saturated carbocycles. The molecule has 4 rings (SSSR count). The van der Waals surface area contributed by atoms with Crippen molar-refractivity contribution in [3.8, 4) is 11.5 Å². The van der Waals surface area contributed by atoms with Crippen LogP contribution in [0, 0.1) is 0 Å². The van der Waals surface area contributed by atoms with Gasteiger partial charge in [-0.05, 0) is 42.5 Å². The molecule has 0 unspecified atom stereocenters. The third-order valence-electron chi connectivity index (χ3n) is 4.65. The minimum absolute atomic E-state index is 0.104. The van der Waals surface area contributed by atoms with E-state index in [0.29, 0.717) is 17.2 Å². The maximum Gasteiger partial charge on any atom is 0.417 e. The van der Waals surface area contributed by atoms with Gasteiger partial charge in [-0.1, -0.05) is 6.07 Å². The highest BCUT2D eigenvalue weighted by Gasteiger charge is 2.35. The molecule has 0 atom stereocenters. The molecule has 33 heavy (non-hydrogen) atoms. The third kappa shape index (κ3) is 4.61. The van der Waals surface area contributed by atoms with Crippen molar-refractivity contribution in [3.63, 3.8) is 0 Å². The van der Waals surface area contributed by atoms with Crippen molar-refractivity contribution in [1.82, 2.24) is 20.5 Å². The van der Waals surface area contributed by atoms with E-state index >= 15 is 0 Å². The maximum atomic E-state index is 13.4. The Morgan fingerprint density at radius 1 is 1.00 bits per heavy atom. The van der Waals surface area contributed by atoms with Crippen molar-refractivity contribution < 1.29 is 27.5 Å². The van der Waals surface area contributed by atoms with E-state index in [9.17, 15) is 22.8 Å². The fourth-order valence-corrected chi connectivity index (χ4v) is 3.13. The summed E-state index contributed by atoms with van der Waals surface area (Å²) in [7, 11) is 1.49. The number of amides is 2. The number of ether oxygens (including phenoxy) is 1. The Kier molecular flexibility index (Phi) is 5.69. The Hall–Kier alpha value is -4.41. The predicted octanol–water partition coefficient (Wildman–Crippen LogP) is 4.38. The van der Waals surface area contributed by atoms with Crippen molar-refractivity contribution in [3.05, 3.63) is 77.7 Å². The van der Waals surface area contributed by atoms with Gasteiger partial charge in [-0.2, -0.15) is 18.3 Å². The smallest absolute Gasteiger partial charge is 0.417 e. The second-order valence-corrected chi connectivity index (χ2v) is 6.83. The average Bonchev–Trinajstić information content (AvgIpc) is 3.24. The number of alkyl halides is 3. The number of nitrogens with one attached hydrogen (secondary N) is 3. The number of pyridine rings is 1. The number of fused-ring (bicyclic) bond motifs is 1. The van der Waals surface area contributed by atoms with E-state index in [0.717, 1.165) is 6.07 Å². The Labute approximate surface area is 184 Å². The average molecular weight is 455 g/mol. The molecule has 3 N–H and O–H groups in total. The van der Waals surface area contributed by atoms with Gasteiger partial charge < -0.3 is 15.4 Å². The van der Waals surface area contributed by atoms with Crippen LogP contribution in [0.15, 0.2) is 60.8 Å².